The Kier molecular flexibility index (Phi) is 5.61. The molecule has 1 aliphatic rings. The zero-order valence-corrected chi connectivity index (χ0v) is 19.6. The molecule has 1 heterocycles. The lowest BCUT2D eigenvalue weighted by molar-refractivity contribution is 0.603. The highest BCUT2D eigenvalue weighted by Gasteiger charge is 2.37. The van der Waals surface area contributed by atoms with Gasteiger partial charge in [-0.15, -0.1) is 0 Å². The van der Waals surface area contributed by atoms with Gasteiger partial charge in [-0.05, 0) is 59.5 Å². The first-order valence-electron chi connectivity index (χ1n) is 7.21. The molecule has 0 bridgehead atoms. The molecular weight excluding hydrogens is 412 g/mol. The van der Waals surface area contributed by atoms with Crippen LogP contribution in [0.15, 0.2) is 0 Å². The van der Waals surface area contributed by atoms with Gasteiger partial charge in [-0.25, -0.2) is 0 Å². The van der Waals surface area contributed by atoms with Crippen molar-refractivity contribution in [3.05, 3.63) is 0 Å². The molecule has 0 radical (unpaired) electrons. The maximum atomic E-state index is 2.81. The second kappa shape index (κ2) is 5.78. The number of hydrogen-bond acceptors (Lipinski definition) is 0. The Bertz CT molecular complexity index is 509. The predicted molar refractivity (Wildman–Crippen MR) is 114 cm³/mol. The fourth-order valence-electron chi connectivity index (χ4n) is 2.44. The molecule has 116 valence electrons. The van der Waals surface area contributed by atoms with E-state index in [1.807, 2.05) is 0 Å². The molecule has 0 aromatic carbocycles. The van der Waals surface area contributed by atoms with Crippen LogP contribution in [0.2, 0.25) is 0 Å². The van der Waals surface area contributed by atoms with Crippen molar-refractivity contribution in [3.8, 4) is 0 Å². The number of rotatable bonds is 0. The van der Waals surface area contributed by atoms with Crippen LogP contribution in [0.25, 0.3) is 0 Å². The van der Waals surface area contributed by atoms with E-state index in [0.717, 1.165) is 0 Å². The summed E-state index contributed by atoms with van der Waals surface area (Å²) >= 11 is 2.81. The molecule has 1 aliphatic heterocycles. The summed E-state index contributed by atoms with van der Waals surface area (Å²) in [6.45, 7) is 24.0. The molecule has 20 heavy (non-hydrogen) atoms. The first kappa shape index (κ1) is 19.4. The molecule has 0 saturated heterocycles. The Morgan fingerprint density at radius 2 is 1.20 bits per heavy atom. The predicted octanol–water partition coefficient (Wildman–Crippen LogP) is 7.42. The summed E-state index contributed by atoms with van der Waals surface area (Å²) in [7, 11) is 3.06. The lowest BCUT2D eigenvalue weighted by Crippen LogP contribution is -2.28. The van der Waals surface area contributed by atoms with Crippen molar-refractivity contribution in [1.82, 2.24) is 0 Å². The van der Waals surface area contributed by atoms with E-state index < -0.39 is 4.53 Å². The molecule has 0 saturated carbocycles. The van der Waals surface area contributed by atoms with Crippen LogP contribution in [0.4, 0.5) is 0 Å². The summed E-state index contributed by atoms with van der Waals surface area (Å²) < 4.78 is -1.15. The average Bonchev–Trinajstić information content (AvgIpc) is 2.09. The smallest absolute Gasteiger partial charge is 0.0127 e. The Morgan fingerprint density at radius 3 is 1.50 bits per heavy atom. The molecule has 0 amide bonds. The van der Waals surface area contributed by atoms with Crippen LogP contribution in [0.3, 0.4) is 0 Å². The van der Waals surface area contributed by atoms with Crippen LogP contribution in [-0.2, 0) is 0 Å². The minimum absolute atomic E-state index is 0.299. The second-order valence-electron chi connectivity index (χ2n) is 8.84. The van der Waals surface area contributed by atoms with Gasteiger partial charge in [0.2, 0.25) is 0 Å². The van der Waals surface area contributed by atoms with Crippen LogP contribution >= 0.6 is 43.0 Å². The molecule has 1 unspecified atom stereocenters. The molecule has 0 spiro atoms. The van der Waals surface area contributed by atoms with Crippen molar-refractivity contribution in [2.75, 3.05) is 6.66 Å². The molecule has 1 rings (SSSR count). The quantitative estimate of drug-likeness (QED) is 0.271. The SMILES string of the molecule is CC(C)(C)C1=PC(C(C)(C)C)=P(C)(I)C(C(C)(C)C)=P1. The fraction of sp³-hybridized carbons (Fsp3) is 0.812. The maximum Gasteiger partial charge on any atom is 0.0127 e. The van der Waals surface area contributed by atoms with Gasteiger partial charge in [0.15, 0.2) is 0 Å². The molecule has 0 aliphatic carbocycles. The highest BCUT2D eigenvalue weighted by molar-refractivity contribution is 14.2. The van der Waals surface area contributed by atoms with E-state index in [4.69, 9.17) is 0 Å². The summed E-state index contributed by atoms with van der Waals surface area (Å²) in [5.74, 6) is 0. The van der Waals surface area contributed by atoms with Crippen LogP contribution in [-0.4, -0.2) is 21.8 Å². The molecule has 0 N–H and O–H groups in total. The lowest BCUT2D eigenvalue weighted by atomic mass is 9.99. The van der Waals surface area contributed by atoms with E-state index >= 15 is 0 Å². The Hall–Kier alpha value is 1.37. The van der Waals surface area contributed by atoms with Crippen molar-refractivity contribution in [3.63, 3.8) is 0 Å². The van der Waals surface area contributed by atoms with Gasteiger partial charge in [-0.2, -0.15) is 0 Å². The van der Waals surface area contributed by atoms with Gasteiger partial charge in [-0.3, -0.25) is 0 Å². The van der Waals surface area contributed by atoms with Gasteiger partial charge in [0.05, 0.1) is 0 Å². The standard InChI is InChI=1S/C16H30IP3/c1-14(2,3)11-18-12(15(4,5)6)20(10,17)13(19-11)16(7,8)9/h1-10H3. The third kappa shape index (κ3) is 4.22. The van der Waals surface area contributed by atoms with E-state index in [0.29, 0.717) is 16.2 Å². The van der Waals surface area contributed by atoms with Gasteiger partial charge in [0, 0.05) is 5.03 Å². The summed E-state index contributed by atoms with van der Waals surface area (Å²) in [6.07, 6.45) is 0. The first-order valence-corrected chi connectivity index (χ1v) is 14.0. The highest BCUT2D eigenvalue weighted by atomic mass is 127. The Balaban J connectivity index is 3.74. The number of halogens is 1. The van der Waals surface area contributed by atoms with E-state index in [1.54, 1.807) is 15.1 Å². The van der Waals surface area contributed by atoms with Gasteiger partial charge in [0.25, 0.3) is 0 Å². The van der Waals surface area contributed by atoms with E-state index in [1.165, 1.54) is 16.4 Å². The summed E-state index contributed by atoms with van der Waals surface area (Å²) in [5.41, 5.74) is 0.898. The Labute approximate surface area is 143 Å². The third-order valence-corrected chi connectivity index (χ3v) is 18.5. The van der Waals surface area contributed by atoms with Crippen molar-refractivity contribution in [1.29, 1.82) is 0 Å². The third-order valence-electron chi connectivity index (χ3n) is 3.23. The molecule has 1 atom stereocenters. The van der Waals surface area contributed by atoms with Gasteiger partial charge in [-0.1, -0.05) is 78.7 Å². The van der Waals surface area contributed by atoms with Gasteiger partial charge >= 0.3 is 0 Å². The molecule has 0 aromatic rings. The van der Waals surface area contributed by atoms with Crippen LogP contribution in [0.5, 0.6) is 0 Å². The van der Waals surface area contributed by atoms with Crippen LogP contribution in [0, 0.1) is 16.2 Å². The molecule has 0 nitrogen and oxygen atoms in total. The largest absolute Gasteiger partial charge is 0.0620 e. The first-order chi connectivity index (χ1) is 8.58. The molecular formula is C16H30IP3. The fourth-order valence-corrected chi connectivity index (χ4v) is 17.4. The average molecular weight is 442 g/mol. The molecule has 0 fully saturated rings. The minimum atomic E-state index is -1.15. The minimum Gasteiger partial charge on any atom is -0.0620 e. The van der Waals surface area contributed by atoms with Crippen molar-refractivity contribution in [2.45, 2.75) is 62.3 Å². The number of hydrogen-bond donors (Lipinski definition) is 0. The lowest BCUT2D eigenvalue weighted by Gasteiger charge is -2.39. The highest BCUT2D eigenvalue weighted by Crippen LogP contribution is 2.68. The second-order valence-corrected chi connectivity index (χ2v) is 20.6. The van der Waals surface area contributed by atoms with E-state index in [9.17, 15) is 0 Å². The summed E-state index contributed by atoms with van der Waals surface area (Å²) in [6, 6.07) is 0. The van der Waals surface area contributed by atoms with Crippen molar-refractivity contribution < 1.29 is 0 Å². The topological polar surface area (TPSA) is 0 Å². The monoisotopic (exact) mass is 442 g/mol. The molecule has 4 heteroatoms. The molecule has 0 aromatic heterocycles. The van der Waals surface area contributed by atoms with Crippen LogP contribution in [0.1, 0.15) is 62.3 Å². The van der Waals surface area contributed by atoms with Gasteiger partial charge < -0.3 is 0 Å². The van der Waals surface area contributed by atoms with Crippen molar-refractivity contribution >= 4 is 58.1 Å². The summed E-state index contributed by atoms with van der Waals surface area (Å²) in [5, 5.41) is 5.24. The van der Waals surface area contributed by atoms with E-state index in [-0.39, 0.29) is 0 Å². The Morgan fingerprint density at radius 1 is 0.750 bits per heavy atom. The van der Waals surface area contributed by atoms with Crippen molar-refractivity contribution in [2.24, 2.45) is 16.2 Å². The maximum absolute atomic E-state index is 2.81. The zero-order chi connectivity index (χ0) is 16.1. The van der Waals surface area contributed by atoms with Gasteiger partial charge in [0.1, 0.15) is 0 Å². The zero-order valence-electron chi connectivity index (χ0n) is 14.7. The normalized spacial score (nSPS) is 27.1. The van der Waals surface area contributed by atoms with E-state index in [2.05, 4.69) is 91.0 Å². The summed E-state index contributed by atoms with van der Waals surface area (Å²) in [4.78, 5) is 0. The van der Waals surface area contributed by atoms with Crippen LogP contribution < -0.4 is 0 Å².